The summed E-state index contributed by atoms with van der Waals surface area (Å²) in [5.41, 5.74) is 5.10. The number of amides is 2. The maximum atomic E-state index is 12.5. The van der Waals surface area contributed by atoms with Gasteiger partial charge in [-0.2, -0.15) is 11.8 Å². The van der Waals surface area contributed by atoms with Gasteiger partial charge in [0.1, 0.15) is 0 Å². The topological polar surface area (TPSA) is 52.7 Å². The third-order valence-electron chi connectivity index (χ3n) is 5.91. The van der Waals surface area contributed by atoms with E-state index >= 15 is 0 Å². The van der Waals surface area contributed by atoms with Gasteiger partial charge in [-0.25, -0.2) is 0 Å². The molecule has 0 spiro atoms. The standard InChI is InChI=1S/C25H29N3O2S/c1-19-21(18-27-14-16-31-17-15-27)4-2-5-23(19)26-24(29)12-9-20-7-10-22(11-8-20)28-13-3-6-25(28)30/h2,4-5,7-12H,3,6,13-18H2,1H3,(H,26,29)/b12-9+. The van der Waals surface area contributed by atoms with Gasteiger partial charge in [0.25, 0.3) is 0 Å². The van der Waals surface area contributed by atoms with Crippen LogP contribution in [0.3, 0.4) is 0 Å². The molecule has 0 radical (unpaired) electrons. The van der Waals surface area contributed by atoms with E-state index in [1.54, 1.807) is 12.2 Å². The molecular formula is C25H29N3O2S. The van der Waals surface area contributed by atoms with Crippen molar-refractivity contribution in [2.24, 2.45) is 0 Å². The molecule has 4 rings (SSSR count). The van der Waals surface area contributed by atoms with Gasteiger partial charge in [-0.1, -0.05) is 24.3 Å². The minimum absolute atomic E-state index is 0.145. The van der Waals surface area contributed by atoms with Crippen LogP contribution in [0.2, 0.25) is 0 Å². The Morgan fingerprint density at radius 1 is 1.10 bits per heavy atom. The molecule has 2 aromatic carbocycles. The summed E-state index contributed by atoms with van der Waals surface area (Å²) in [4.78, 5) is 28.7. The van der Waals surface area contributed by atoms with Gasteiger partial charge in [0.2, 0.25) is 11.8 Å². The lowest BCUT2D eigenvalue weighted by atomic mass is 10.1. The molecule has 2 saturated heterocycles. The number of nitrogens with zero attached hydrogens (tertiary/aromatic N) is 2. The third kappa shape index (κ3) is 5.57. The van der Waals surface area contributed by atoms with E-state index in [9.17, 15) is 9.59 Å². The second-order valence-corrected chi connectivity index (χ2v) is 9.27. The average Bonchev–Trinajstić information content (AvgIpc) is 3.22. The molecule has 5 nitrogen and oxygen atoms in total. The number of hydrogen-bond acceptors (Lipinski definition) is 4. The lowest BCUT2D eigenvalue weighted by molar-refractivity contribution is -0.117. The summed E-state index contributed by atoms with van der Waals surface area (Å²) in [6.45, 7) is 6.03. The van der Waals surface area contributed by atoms with E-state index in [1.165, 1.54) is 17.1 Å². The fraction of sp³-hybridized carbons (Fsp3) is 0.360. The van der Waals surface area contributed by atoms with Crippen LogP contribution < -0.4 is 10.2 Å². The molecule has 31 heavy (non-hydrogen) atoms. The molecule has 0 unspecified atom stereocenters. The van der Waals surface area contributed by atoms with E-state index in [1.807, 2.05) is 53.1 Å². The van der Waals surface area contributed by atoms with Crippen LogP contribution in [0.15, 0.2) is 48.5 Å². The molecule has 1 N–H and O–H groups in total. The Labute approximate surface area is 188 Å². The van der Waals surface area contributed by atoms with Gasteiger partial charge in [0, 0.05) is 61.6 Å². The minimum Gasteiger partial charge on any atom is -0.322 e. The lowest BCUT2D eigenvalue weighted by Crippen LogP contribution is -2.32. The van der Waals surface area contributed by atoms with Gasteiger partial charge in [0.05, 0.1) is 0 Å². The number of anilines is 2. The highest BCUT2D eigenvalue weighted by Gasteiger charge is 2.21. The molecule has 0 saturated carbocycles. The largest absolute Gasteiger partial charge is 0.322 e. The lowest BCUT2D eigenvalue weighted by Gasteiger charge is -2.27. The summed E-state index contributed by atoms with van der Waals surface area (Å²) in [5, 5.41) is 3.02. The van der Waals surface area contributed by atoms with Crippen LogP contribution in [0, 0.1) is 6.92 Å². The Kier molecular flexibility index (Phi) is 7.10. The van der Waals surface area contributed by atoms with Gasteiger partial charge in [0.15, 0.2) is 0 Å². The molecule has 2 aliphatic heterocycles. The van der Waals surface area contributed by atoms with E-state index in [2.05, 4.69) is 23.2 Å². The first-order valence-electron chi connectivity index (χ1n) is 10.9. The second-order valence-electron chi connectivity index (χ2n) is 8.04. The summed E-state index contributed by atoms with van der Waals surface area (Å²) in [5.74, 6) is 2.42. The Bertz CT molecular complexity index is 965. The number of thioether (sulfide) groups is 1. The molecular weight excluding hydrogens is 406 g/mol. The first-order valence-corrected chi connectivity index (χ1v) is 12.0. The van der Waals surface area contributed by atoms with Crippen LogP contribution in [0.5, 0.6) is 0 Å². The number of benzene rings is 2. The molecule has 2 aromatic rings. The van der Waals surface area contributed by atoms with Crippen LogP contribution in [0.4, 0.5) is 11.4 Å². The highest BCUT2D eigenvalue weighted by molar-refractivity contribution is 7.99. The normalized spacial score (nSPS) is 17.5. The van der Waals surface area contributed by atoms with E-state index in [4.69, 9.17) is 0 Å². The van der Waals surface area contributed by atoms with E-state index in [0.717, 1.165) is 55.1 Å². The Morgan fingerprint density at radius 2 is 1.87 bits per heavy atom. The quantitative estimate of drug-likeness (QED) is 0.687. The fourth-order valence-corrected chi connectivity index (χ4v) is 5.00. The molecule has 0 bridgehead atoms. The molecule has 162 valence electrons. The van der Waals surface area contributed by atoms with Crippen molar-refractivity contribution in [3.05, 3.63) is 65.2 Å². The van der Waals surface area contributed by atoms with Gasteiger partial charge in [-0.15, -0.1) is 0 Å². The molecule has 2 amide bonds. The van der Waals surface area contributed by atoms with Crippen molar-refractivity contribution in [3.8, 4) is 0 Å². The zero-order valence-electron chi connectivity index (χ0n) is 18.0. The van der Waals surface area contributed by atoms with Crippen molar-refractivity contribution in [2.75, 3.05) is 41.4 Å². The van der Waals surface area contributed by atoms with E-state index in [0.29, 0.717) is 6.42 Å². The zero-order chi connectivity index (χ0) is 21.6. The van der Waals surface area contributed by atoms with E-state index < -0.39 is 0 Å². The van der Waals surface area contributed by atoms with Crippen molar-refractivity contribution in [1.82, 2.24) is 4.90 Å². The Morgan fingerprint density at radius 3 is 2.58 bits per heavy atom. The summed E-state index contributed by atoms with van der Waals surface area (Å²) < 4.78 is 0. The summed E-state index contributed by atoms with van der Waals surface area (Å²) in [6.07, 6.45) is 4.90. The molecule has 0 aromatic heterocycles. The minimum atomic E-state index is -0.145. The van der Waals surface area contributed by atoms with Crippen molar-refractivity contribution in [2.45, 2.75) is 26.3 Å². The number of rotatable bonds is 6. The van der Waals surface area contributed by atoms with Crippen molar-refractivity contribution in [3.63, 3.8) is 0 Å². The summed E-state index contributed by atoms with van der Waals surface area (Å²) >= 11 is 2.01. The first-order chi connectivity index (χ1) is 15.1. The van der Waals surface area contributed by atoms with Crippen LogP contribution in [-0.2, 0) is 16.1 Å². The number of nitrogens with one attached hydrogen (secondary N) is 1. The predicted molar refractivity (Wildman–Crippen MR) is 129 cm³/mol. The van der Waals surface area contributed by atoms with Crippen molar-refractivity contribution >= 4 is 41.0 Å². The Balaban J connectivity index is 1.36. The molecule has 0 atom stereocenters. The van der Waals surface area contributed by atoms with Crippen molar-refractivity contribution in [1.29, 1.82) is 0 Å². The second kappa shape index (κ2) is 10.2. The smallest absolute Gasteiger partial charge is 0.248 e. The zero-order valence-corrected chi connectivity index (χ0v) is 18.8. The maximum absolute atomic E-state index is 12.5. The average molecular weight is 436 g/mol. The van der Waals surface area contributed by atoms with E-state index in [-0.39, 0.29) is 11.8 Å². The highest BCUT2D eigenvalue weighted by Crippen LogP contribution is 2.23. The molecule has 6 heteroatoms. The van der Waals surface area contributed by atoms with Crippen LogP contribution >= 0.6 is 11.8 Å². The SMILES string of the molecule is Cc1c(CN2CCSCC2)cccc1NC(=O)/C=C/c1ccc(N2CCCC2=O)cc1. The van der Waals surface area contributed by atoms with Gasteiger partial charge >= 0.3 is 0 Å². The van der Waals surface area contributed by atoms with Crippen molar-refractivity contribution < 1.29 is 9.59 Å². The van der Waals surface area contributed by atoms with Gasteiger partial charge in [-0.3, -0.25) is 14.5 Å². The monoisotopic (exact) mass is 435 g/mol. The Hall–Kier alpha value is -2.57. The van der Waals surface area contributed by atoms with Crippen LogP contribution in [-0.4, -0.2) is 47.9 Å². The van der Waals surface area contributed by atoms with Crippen LogP contribution in [0.1, 0.15) is 29.5 Å². The molecule has 2 aliphatic rings. The fourth-order valence-electron chi connectivity index (χ4n) is 4.02. The maximum Gasteiger partial charge on any atom is 0.248 e. The predicted octanol–water partition coefficient (Wildman–Crippen LogP) is 4.32. The first kappa shape index (κ1) is 21.7. The number of carbonyl (C=O) groups is 2. The van der Waals surface area contributed by atoms with Gasteiger partial charge < -0.3 is 10.2 Å². The summed E-state index contributed by atoms with van der Waals surface area (Å²) in [6, 6.07) is 13.9. The molecule has 2 heterocycles. The molecule has 0 aliphatic carbocycles. The van der Waals surface area contributed by atoms with Gasteiger partial charge in [-0.05, 0) is 54.3 Å². The highest BCUT2D eigenvalue weighted by atomic mass is 32.2. The summed E-state index contributed by atoms with van der Waals surface area (Å²) in [7, 11) is 0. The molecule has 2 fully saturated rings. The van der Waals surface area contributed by atoms with Crippen LogP contribution in [0.25, 0.3) is 6.08 Å². The number of carbonyl (C=O) groups excluding carboxylic acids is 2. The number of hydrogen-bond donors (Lipinski definition) is 1. The third-order valence-corrected chi connectivity index (χ3v) is 6.85.